The number of carbonyl (C=O) groups excluding carboxylic acids is 1. The van der Waals surface area contributed by atoms with Crippen molar-refractivity contribution in [1.82, 2.24) is 14.8 Å². The van der Waals surface area contributed by atoms with E-state index in [1.54, 1.807) is 0 Å². The van der Waals surface area contributed by atoms with Gasteiger partial charge in [0, 0.05) is 37.0 Å². The van der Waals surface area contributed by atoms with Crippen molar-refractivity contribution in [2.24, 2.45) is 0 Å². The van der Waals surface area contributed by atoms with Crippen LogP contribution >= 0.6 is 0 Å². The van der Waals surface area contributed by atoms with Gasteiger partial charge in [-0.2, -0.15) is 0 Å². The van der Waals surface area contributed by atoms with Crippen LogP contribution in [0, 0.1) is 0 Å². The second-order valence-corrected chi connectivity index (χ2v) is 8.47. The number of aromatic nitrogens is 1. The first-order chi connectivity index (χ1) is 16.2. The molecule has 0 bridgehead atoms. The molecule has 1 aliphatic heterocycles. The summed E-state index contributed by atoms with van der Waals surface area (Å²) in [5.74, 6) is -0.0993. The molecule has 0 aliphatic carbocycles. The second-order valence-electron chi connectivity index (χ2n) is 8.47. The highest BCUT2D eigenvalue weighted by molar-refractivity contribution is 5.94. The van der Waals surface area contributed by atoms with Crippen LogP contribution in [0.25, 0.3) is 21.8 Å². The van der Waals surface area contributed by atoms with E-state index in [0.29, 0.717) is 23.9 Å². The number of benzene rings is 3. The van der Waals surface area contributed by atoms with E-state index in [9.17, 15) is 9.59 Å². The first-order valence-electron chi connectivity index (χ1n) is 11.3. The van der Waals surface area contributed by atoms with Gasteiger partial charge < -0.3 is 14.6 Å². The Balaban J connectivity index is 1.28. The van der Waals surface area contributed by atoms with Gasteiger partial charge >= 0.3 is 0 Å². The van der Waals surface area contributed by atoms with Crippen molar-refractivity contribution in [1.29, 1.82) is 0 Å². The Morgan fingerprint density at radius 2 is 1.55 bits per heavy atom. The number of nitrogens with zero attached hydrogens (tertiary/aromatic N) is 2. The number of morpholine rings is 1. The van der Waals surface area contributed by atoms with E-state index in [1.807, 2.05) is 59.2 Å². The summed E-state index contributed by atoms with van der Waals surface area (Å²) in [4.78, 5) is 28.2. The van der Waals surface area contributed by atoms with Gasteiger partial charge in [-0.1, -0.05) is 54.6 Å². The molecule has 2 heterocycles. The third-order valence-corrected chi connectivity index (χ3v) is 6.18. The number of carbonyl (C=O) groups is 1. The Morgan fingerprint density at radius 3 is 2.24 bits per heavy atom. The number of nitrogens with one attached hydrogen (secondary N) is 1. The average Bonchev–Trinajstić information content (AvgIpc) is 2.86. The van der Waals surface area contributed by atoms with Crippen LogP contribution in [-0.4, -0.2) is 47.7 Å². The molecule has 0 spiro atoms. The predicted octanol–water partition coefficient (Wildman–Crippen LogP) is 3.17. The fourth-order valence-corrected chi connectivity index (χ4v) is 4.56. The molecule has 4 aromatic rings. The molecular weight excluding hydrogens is 414 g/mol. The highest BCUT2D eigenvalue weighted by Gasteiger charge is 2.21. The lowest BCUT2D eigenvalue weighted by Gasteiger charge is -2.33. The lowest BCUT2D eigenvalue weighted by atomic mass is 10.1. The van der Waals surface area contributed by atoms with E-state index in [4.69, 9.17) is 4.74 Å². The zero-order valence-electron chi connectivity index (χ0n) is 18.4. The molecule has 1 amide bonds. The monoisotopic (exact) mass is 441 g/mol. The topological polar surface area (TPSA) is 63.6 Å². The fourth-order valence-electron chi connectivity index (χ4n) is 4.56. The standard InChI is InChI=1S/C27H27N3O3/c31-26(28-16-21-18-29(14-15-33-21)17-20-8-2-1-3-9-20)19-30-24-12-6-4-10-22(24)27(32)23-11-5-7-13-25(23)30/h1-13,21H,14-19H2,(H,28,31)/t21-/m1/s1. The number of para-hydroxylation sites is 2. The SMILES string of the molecule is O=C(Cn1c2ccccc2c(=O)c2ccccc21)NC[C@@H]1CN(Cc2ccccc2)CCO1. The molecule has 6 heteroatoms. The van der Waals surface area contributed by atoms with Gasteiger partial charge in [0.1, 0.15) is 6.54 Å². The Hall–Kier alpha value is -3.48. The molecule has 6 nitrogen and oxygen atoms in total. The zero-order valence-corrected chi connectivity index (χ0v) is 18.4. The lowest BCUT2D eigenvalue weighted by Crippen LogP contribution is -2.47. The van der Waals surface area contributed by atoms with Crippen molar-refractivity contribution in [3.63, 3.8) is 0 Å². The van der Waals surface area contributed by atoms with E-state index in [-0.39, 0.29) is 24.0 Å². The number of ether oxygens (including phenoxy) is 1. The maximum Gasteiger partial charge on any atom is 0.240 e. The summed E-state index contributed by atoms with van der Waals surface area (Å²) < 4.78 is 7.82. The Morgan fingerprint density at radius 1 is 0.909 bits per heavy atom. The third-order valence-electron chi connectivity index (χ3n) is 6.18. The van der Waals surface area contributed by atoms with Crippen LogP contribution < -0.4 is 10.7 Å². The molecule has 0 saturated carbocycles. The molecular formula is C27H27N3O3. The summed E-state index contributed by atoms with van der Waals surface area (Å²) in [6.45, 7) is 3.79. The van der Waals surface area contributed by atoms with Crippen LogP contribution in [0.3, 0.4) is 0 Å². The first kappa shape index (κ1) is 21.4. The van der Waals surface area contributed by atoms with Crippen molar-refractivity contribution >= 4 is 27.7 Å². The zero-order chi connectivity index (χ0) is 22.6. The molecule has 1 atom stereocenters. The summed E-state index contributed by atoms with van der Waals surface area (Å²) in [6.07, 6.45) is -0.0473. The number of hydrogen-bond donors (Lipinski definition) is 1. The van der Waals surface area contributed by atoms with E-state index < -0.39 is 0 Å². The second kappa shape index (κ2) is 9.57. The van der Waals surface area contributed by atoms with Gasteiger partial charge in [-0.3, -0.25) is 14.5 Å². The summed E-state index contributed by atoms with van der Waals surface area (Å²) >= 11 is 0. The molecule has 3 aromatic carbocycles. The maximum absolute atomic E-state index is 12.9. The van der Waals surface area contributed by atoms with Crippen LogP contribution in [-0.2, 0) is 22.6 Å². The van der Waals surface area contributed by atoms with E-state index in [0.717, 1.165) is 30.7 Å². The molecule has 0 unspecified atom stereocenters. The van der Waals surface area contributed by atoms with Gasteiger partial charge in [-0.15, -0.1) is 0 Å². The Kier molecular flexibility index (Phi) is 6.19. The average molecular weight is 442 g/mol. The molecule has 0 radical (unpaired) electrons. The highest BCUT2D eigenvalue weighted by Crippen LogP contribution is 2.19. The van der Waals surface area contributed by atoms with Gasteiger partial charge in [-0.05, 0) is 29.8 Å². The van der Waals surface area contributed by atoms with E-state index in [2.05, 4.69) is 34.5 Å². The van der Waals surface area contributed by atoms with Crippen molar-refractivity contribution in [3.8, 4) is 0 Å². The summed E-state index contributed by atoms with van der Waals surface area (Å²) in [5.41, 5.74) is 2.80. The normalized spacial score (nSPS) is 16.8. The van der Waals surface area contributed by atoms with E-state index in [1.165, 1.54) is 5.56 Å². The molecule has 1 aromatic heterocycles. The minimum absolute atomic E-state index is 0.00743. The fraction of sp³-hybridized carbons (Fsp3) is 0.259. The molecule has 5 rings (SSSR count). The number of pyridine rings is 1. The summed E-state index contributed by atoms with van der Waals surface area (Å²) in [6, 6.07) is 25.3. The van der Waals surface area contributed by atoms with Gasteiger partial charge in [0.05, 0.1) is 23.7 Å². The molecule has 1 aliphatic rings. The summed E-state index contributed by atoms with van der Waals surface area (Å²) in [5, 5.41) is 4.28. The van der Waals surface area contributed by atoms with Gasteiger partial charge in [0.15, 0.2) is 5.43 Å². The van der Waals surface area contributed by atoms with Crippen molar-refractivity contribution in [3.05, 3.63) is 94.6 Å². The summed E-state index contributed by atoms with van der Waals surface area (Å²) in [7, 11) is 0. The molecule has 1 saturated heterocycles. The van der Waals surface area contributed by atoms with Gasteiger partial charge in [0.2, 0.25) is 5.91 Å². The Bertz CT molecular complexity index is 1270. The lowest BCUT2D eigenvalue weighted by molar-refractivity contribution is -0.122. The number of fused-ring (bicyclic) bond motifs is 2. The first-order valence-corrected chi connectivity index (χ1v) is 11.3. The van der Waals surface area contributed by atoms with E-state index >= 15 is 0 Å². The predicted molar refractivity (Wildman–Crippen MR) is 130 cm³/mol. The van der Waals surface area contributed by atoms with Crippen LogP contribution in [0.2, 0.25) is 0 Å². The highest BCUT2D eigenvalue weighted by atomic mass is 16.5. The third kappa shape index (κ3) is 4.67. The van der Waals surface area contributed by atoms with Crippen LogP contribution in [0.15, 0.2) is 83.7 Å². The van der Waals surface area contributed by atoms with Gasteiger partial charge in [-0.25, -0.2) is 0 Å². The number of rotatable bonds is 6. The number of hydrogen-bond acceptors (Lipinski definition) is 4. The quantitative estimate of drug-likeness (QED) is 0.467. The van der Waals surface area contributed by atoms with Crippen LogP contribution in [0.5, 0.6) is 0 Å². The number of amides is 1. The molecule has 1 N–H and O–H groups in total. The molecule has 1 fully saturated rings. The largest absolute Gasteiger partial charge is 0.374 e. The van der Waals surface area contributed by atoms with Crippen molar-refractivity contribution in [2.45, 2.75) is 19.2 Å². The van der Waals surface area contributed by atoms with Crippen LogP contribution in [0.4, 0.5) is 0 Å². The maximum atomic E-state index is 12.9. The Labute approximate surface area is 192 Å². The van der Waals surface area contributed by atoms with Crippen molar-refractivity contribution in [2.75, 3.05) is 26.2 Å². The van der Waals surface area contributed by atoms with Crippen LogP contribution in [0.1, 0.15) is 5.56 Å². The van der Waals surface area contributed by atoms with Crippen molar-refractivity contribution < 1.29 is 9.53 Å². The van der Waals surface area contributed by atoms with Gasteiger partial charge in [0.25, 0.3) is 0 Å². The minimum Gasteiger partial charge on any atom is -0.374 e. The molecule has 33 heavy (non-hydrogen) atoms. The molecule has 168 valence electrons. The minimum atomic E-state index is -0.0993. The smallest absolute Gasteiger partial charge is 0.240 e.